The lowest BCUT2D eigenvalue weighted by atomic mass is 10.00. The molecule has 2 aliphatic heterocycles. The van der Waals surface area contributed by atoms with Crippen molar-refractivity contribution >= 4 is 39.2 Å². The fraction of sp³-hybridized carbons (Fsp3) is 0.367. The molecule has 39 heavy (non-hydrogen) atoms. The van der Waals surface area contributed by atoms with Crippen molar-refractivity contribution in [3.8, 4) is 21.9 Å². The average Bonchev–Trinajstić information content (AvgIpc) is 3.44. The Labute approximate surface area is 235 Å². The highest BCUT2D eigenvalue weighted by Gasteiger charge is 2.45. The van der Waals surface area contributed by atoms with Crippen molar-refractivity contribution in [3.05, 3.63) is 76.3 Å². The molecule has 0 radical (unpaired) electrons. The van der Waals surface area contributed by atoms with Gasteiger partial charge in [-0.15, -0.1) is 11.3 Å². The van der Waals surface area contributed by atoms with E-state index in [0.29, 0.717) is 15.2 Å². The maximum atomic E-state index is 13.3. The summed E-state index contributed by atoms with van der Waals surface area (Å²) in [5.41, 5.74) is 1.79. The zero-order chi connectivity index (χ0) is 27.3. The van der Waals surface area contributed by atoms with Gasteiger partial charge in [0.2, 0.25) is 0 Å². The largest absolute Gasteiger partial charge is 0.490 e. The number of hydrogen-bond acceptors (Lipinski definition) is 6. The highest BCUT2D eigenvalue weighted by atomic mass is 35.5. The van der Waals surface area contributed by atoms with Gasteiger partial charge >= 0.3 is 6.09 Å². The number of amides is 1. The monoisotopic (exact) mass is 563 g/mol. The third kappa shape index (κ3) is 5.28. The van der Waals surface area contributed by atoms with Gasteiger partial charge < -0.3 is 14.4 Å². The molecule has 2 aliphatic rings. The van der Waals surface area contributed by atoms with Crippen LogP contribution in [0.2, 0.25) is 5.02 Å². The van der Waals surface area contributed by atoms with Crippen LogP contribution in [0.3, 0.4) is 0 Å². The lowest BCUT2D eigenvalue weighted by Crippen LogP contribution is -2.50. The minimum Gasteiger partial charge on any atom is -0.490 e. The van der Waals surface area contributed by atoms with Gasteiger partial charge in [-0.25, -0.2) is 9.78 Å². The molecule has 1 unspecified atom stereocenters. The molecular formula is C30H30ClN3O4S. The first-order valence-corrected chi connectivity index (χ1v) is 14.4. The molecule has 3 atom stereocenters. The van der Waals surface area contributed by atoms with E-state index in [-0.39, 0.29) is 29.8 Å². The first kappa shape index (κ1) is 25.9. The van der Waals surface area contributed by atoms with Crippen molar-refractivity contribution < 1.29 is 14.3 Å². The van der Waals surface area contributed by atoms with Crippen LogP contribution in [0.4, 0.5) is 4.79 Å². The van der Waals surface area contributed by atoms with E-state index in [1.807, 2.05) is 80.3 Å². The van der Waals surface area contributed by atoms with Crippen molar-refractivity contribution in [2.75, 3.05) is 0 Å². The summed E-state index contributed by atoms with van der Waals surface area (Å²) >= 11 is 7.45. The molecule has 0 saturated carbocycles. The maximum Gasteiger partial charge on any atom is 0.410 e. The zero-order valence-corrected chi connectivity index (χ0v) is 23.7. The van der Waals surface area contributed by atoms with Crippen molar-refractivity contribution in [1.82, 2.24) is 14.5 Å². The van der Waals surface area contributed by atoms with E-state index in [1.54, 1.807) is 10.9 Å². The van der Waals surface area contributed by atoms with Crippen molar-refractivity contribution in [1.29, 1.82) is 0 Å². The number of aromatic nitrogens is 2. The molecular weight excluding hydrogens is 534 g/mol. The summed E-state index contributed by atoms with van der Waals surface area (Å²) in [7, 11) is 0. The van der Waals surface area contributed by atoms with E-state index in [2.05, 4.69) is 4.98 Å². The summed E-state index contributed by atoms with van der Waals surface area (Å²) in [5, 5.41) is 0.673. The van der Waals surface area contributed by atoms with Crippen LogP contribution in [-0.2, 0) is 4.74 Å². The highest BCUT2D eigenvalue weighted by molar-refractivity contribution is 7.22. The fourth-order valence-corrected chi connectivity index (χ4v) is 6.74. The molecule has 0 spiro atoms. The van der Waals surface area contributed by atoms with Crippen LogP contribution in [0.1, 0.15) is 46.5 Å². The molecule has 6 rings (SSSR count). The summed E-state index contributed by atoms with van der Waals surface area (Å²) in [6.07, 6.45) is 4.90. The second-order valence-electron chi connectivity index (χ2n) is 11.2. The number of thiophene rings is 1. The molecule has 2 aromatic heterocycles. The number of halogens is 1. The van der Waals surface area contributed by atoms with Crippen LogP contribution in [0.5, 0.6) is 5.75 Å². The predicted molar refractivity (Wildman–Crippen MR) is 154 cm³/mol. The molecule has 202 valence electrons. The number of rotatable bonds is 4. The lowest BCUT2D eigenvalue weighted by molar-refractivity contribution is -0.00707. The van der Waals surface area contributed by atoms with Gasteiger partial charge in [-0.3, -0.25) is 9.36 Å². The summed E-state index contributed by atoms with van der Waals surface area (Å²) < 4.78 is 14.1. The third-order valence-corrected chi connectivity index (χ3v) is 8.69. The van der Waals surface area contributed by atoms with E-state index in [9.17, 15) is 9.59 Å². The van der Waals surface area contributed by atoms with Gasteiger partial charge in [-0.05, 0) is 81.6 Å². The Hall–Kier alpha value is -3.36. The number of ether oxygens (including phenoxy) is 2. The Kier molecular flexibility index (Phi) is 6.63. The van der Waals surface area contributed by atoms with Gasteiger partial charge in [-0.1, -0.05) is 23.7 Å². The molecule has 9 heteroatoms. The highest BCUT2D eigenvalue weighted by Crippen LogP contribution is 2.38. The van der Waals surface area contributed by atoms with Crippen LogP contribution in [0.25, 0.3) is 26.3 Å². The fourth-order valence-electron chi connectivity index (χ4n) is 5.57. The van der Waals surface area contributed by atoms with Gasteiger partial charge in [0.25, 0.3) is 5.56 Å². The molecule has 1 amide bonds. The first-order valence-electron chi connectivity index (χ1n) is 13.2. The molecule has 4 aromatic rings. The molecule has 0 aliphatic carbocycles. The molecule has 0 N–H and O–H groups in total. The second-order valence-corrected chi connectivity index (χ2v) is 12.7. The average molecular weight is 564 g/mol. The number of benzene rings is 2. The van der Waals surface area contributed by atoms with Crippen LogP contribution in [-0.4, -0.2) is 44.3 Å². The number of piperidine rings is 1. The summed E-state index contributed by atoms with van der Waals surface area (Å²) in [5.74, 6) is 0.747. The topological polar surface area (TPSA) is 73.7 Å². The summed E-state index contributed by atoms with van der Waals surface area (Å²) in [4.78, 5) is 33.5. The molecule has 2 bridgehead atoms. The Balaban J connectivity index is 1.16. The van der Waals surface area contributed by atoms with Crippen LogP contribution >= 0.6 is 22.9 Å². The maximum absolute atomic E-state index is 13.3. The number of fused-ring (bicyclic) bond motifs is 3. The molecule has 2 aromatic carbocycles. The van der Waals surface area contributed by atoms with Gasteiger partial charge in [0.1, 0.15) is 28.5 Å². The predicted octanol–water partition coefficient (Wildman–Crippen LogP) is 7.08. The minimum atomic E-state index is -0.504. The Morgan fingerprint density at radius 1 is 1.03 bits per heavy atom. The van der Waals surface area contributed by atoms with Gasteiger partial charge in [0, 0.05) is 34.8 Å². The standard InChI is InChI=1S/C30H30ClN3O4S/c1-30(2,3)38-29(36)34-21-8-9-22(34)15-24(14-21)37-23-12-10-20(11-13-23)33-17-32-25-16-26(39-27(25)28(33)35)18-4-6-19(31)7-5-18/h4-7,10-13,16-17,21-22,24H,8-9,14-15H2,1-3H3/t21-,22+,24?. The number of carbonyl (C=O) groups excluding carboxylic acids is 1. The van der Waals surface area contributed by atoms with E-state index in [0.717, 1.165) is 47.6 Å². The normalized spacial score (nSPS) is 20.8. The van der Waals surface area contributed by atoms with Gasteiger partial charge in [0.05, 0.1) is 11.2 Å². The molecule has 2 fully saturated rings. The third-order valence-electron chi connectivity index (χ3n) is 7.28. The Morgan fingerprint density at radius 2 is 1.69 bits per heavy atom. The van der Waals surface area contributed by atoms with E-state index in [1.165, 1.54) is 11.3 Å². The number of hydrogen-bond donors (Lipinski definition) is 0. The van der Waals surface area contributed by atoms with E-state index < -0.39 is 5.60 Å². The van der Waals surface area contributed by atoms with Crippen LogP contribution in [0, 0.1) is 0 Å². The van der Waals surface area contributed by atoms with Crippen LogP contribution < -0.4 is 10.3 Å². The quantitative estimate of drug-likeness (QED) is 0.265. The summed E-state index contributed by atoms with van der Waals surface area (Å²) in [6.45, 7) is 5.69. The van der Waals surface area contributed by atoms with Crippen molar-refractivity contribution in [3.63, 3.8) is 0 Å². The Morgan fingerprint density at radius 3 is 2.33 bits per heavy atom. The Bertz CT molecular complexity index is 1560. The zero-order valence-electron chi connectivity index (χ0n) is 22.1. The SMILES string of the molecule is CC(C)(C)OC(=O)N1[C@@H]2CC[C@H]1CC(Oc1ccc(-n3cnc4cc(-c5ccc(Cl)cc5)sc4c3=O)cc1)C2. The second kappa shape index (κ2) is 9.99. The number of carbonyl (C=O) groups is 1. The van der Waals surface area contributed by atoms with E-state index in [4.69, 9.17) is 21.1 Å². The van der Waals surface area contributed by atoms with Crippen molar-refractivity contribution in [2.24, 2.45) is 0 Å². The van der Waals surface area contributed by atoms with Crippen LogP contribution in [0.15, 0.2) is 65.7 Å². The van der Waals surface area contributed by atoms with Gasteiger partial charge in [-0.2, -0.15) is 0 Å². The lowest BCUT2D eigenvalue weighted by Gasteiger charge is -2.39. The smallest absolute Gasteiger partial charge is 0.410 e. The summed E-state index contributed by atoms with van der Waals surface area (Å²) in [6, 6.07) is 17.3. The first-order chi connectivity index (χ1) is 18.6. The molecule has 7 nitrogen and oxygen atoms in total. The van der Waals surface area contributed by atoms with Crippen molar-refractivity contribution in [2.45, 2.75) is 70.2 Å². The molecule has 2 saturated heterocycles. The number of nitrogens with zero attached hydrogens (tertiary/aromatic N) is 3. The van der Waals surface area contributed by atoms with Gasteiger partial charge in [0.15, 0.2) is 0 Å². The minimum absolute atomic E-state index is 0.0326. The van der Waals surface area contributed by atoms with E-state index >= 15 is 0 Å². The molecule has 4 heterocycles.